The van der Waals surface area contributed by atoms with Gasteiger partial charge in [0.25, 0.3) is 0 Å². The summed E-state index contributed by atoms with van der Waals surface area (Å²) in [5.74, 6) is 0. The minimum absolute atomic E-state index is 0. The molecule has 0 spiro atoms. The molecule has 0 aliphatic heterocycles. The molecular formula is C12H17NaO3S. The topological polar surface area (TPSA) is 57.2 Å². The van der Waals surface area contributed by atoms with Gasteiger partial charge in [0, 0.05) is 5.25 Å². The molecule has 0 fully saturated rings. The molecule has 0 saturated carbocycles. The van der Waals surface area contributed by atoms with Crippen molar-refractivity contribution in [1.29, 1.82) is 0 Å². The molecule has 0 aliphatic rings. The minimum Gasteiger partial charge on any atom is -0.748 e. The first-order valence-corrected chi connectivity index (χ1v) is 6.96. The summed E-state index contributed by atoms with van der Waals surface area (Å²) < 4.78 is 31.9. The van der Waals surface area contributed by atoms with Crippen LogP contribution in [0.2, 0.25) is 0 Å². The summed E-state index contributed by atoms with van der Waals surface area (Å²) in [4.78, 5) is 0. The first kappa shape index (κ1) is 17.1. The Bertz CT molecular complexity index is 403. The first-order valence-electron chi connectivity index (χ1n) is 5.49. The quantitative estimate of drug-likeness (QED) is 0.389. The summed E-state index contributed by atoms with van der Waals surface area (Å²) in [7, 11) is -4.10. The predicted molar refractivity (Wildman–Crippen MR) is 63.2 cm³/mol. The van der Waals surface area contributed by atoms with Crippen LogP contribution in [0.3, 0.4) is 0 Å². The molecule has 1 unspecified atom stereocenters. The van der Waals surface area contributed by atoms with Gasteiger partial charge >= 0.3 is 29.6 Å². The Morgan fingerprint density at radius 2 is 1.76 bits per heavy atom. The van der Waals surface area contributed by atoms with Crippen LogP contribution in [0.25, 0.3) is 0 Å². The fourth-order valence-corrected chi connectivity index (χ4v) is 2.01. The maximum atomic E-state index is 10.6. The van der Waals surface area contributed by atoms with Gasteiger partial charge in [0.2, 0.25) is 0 Å². The fourth-order valence-electron chi connectivity index (χ4n) is 1.55. The van der Waals surface area contributed by atoms with Crippen molar-refractivity contribution in [2.24, 2.45) is 0 Å². The van der Waals surface area contributed by atoms with Gasteiger partial charge < -0.3 is 4.55 Å². The predicted octanol–water partition coefficient (Wildman–Crippen LogP) is -0.663. The Kier molecular flexibility index (Phi) is 8.33. The van der Waals surface area contributed by atoms with E-state index in [0.717, 1.165) is 19.3 Å². The molecule has 1 rings (SSSR count). The molecule has 1 atom stereocenters. The van der Waals surface area contributed by atoms with Gasteiger partial charge in [-0.05, 0) is 31.7 Å². The maximum Gasteiger partial charge on any atom is 1.00 e. The molecule has 1 aromatic rings. The summed E-state index contributed by atoms with van der Waals surface area (Å²) in [6.07, 6.45) is 3.09. The van der Waals surface area contributed by atoms with Crippen molar-refractivity contribution in [3.05, 3.63) is 35.9 Å². The molecular weight excluding hydrogens is 247 g/mol. The number of unbranched alkanes of at least 4 members (excludes halogenated alkanes) is 1. The zero-order valence-electron chi connectivity index (χ0n) is 10.4. The summed E-state index contributed by atoms with van der Waals surface area (Å²) in [5, 5.41) is -0.761. The van der Waals surface area contributed by atoms with Crippen LogP contribution in [0.15, 0.2) is 30.3 Å². The molecule has 0 N–H and O–H groups in total. The van der Waals surface area contributed by atoms with Crippen molar-refractivity contribution in [1.82, 2.24) is 0 Å². The molecule has 3 nitrogen and oxygen atoms in total. The maximum absolute atomic E-state index is 10.6. The van der Waals surface area contributed by atoms with Crippen LogP contribution in [0.5, 0.6) is 0 Å². The number of benzene rings is 1. The molecule has 0 saturated heterocycles. The molecule has 17 heavy (non-hydrogen) atoms. The second-order valence-corrected chi connectivity index (χ2v) is 5.83. The van der Waals surface area contributed by atoms with E-state index < -0.39 is 15.4 Å². The number of hydrogen-bond donors (Lipinski definition) is 0. The molecule has 0 aromatic heterocycles. The van der Waals surface area contributed by atoms with E-state index in [1.165, 1.54) is 12.5 Å². The van der Waals surface area contributed by atoms with Crippen molar-refractivity contribution in [3.8, 4) is 0 Å². The third-order valence-corrected chi connectivity index (χ3v) is 3.88. The molecule has 0 radical (unpaired) electrons. The molecule has 0 heterocycles. The third-order valence-electron chi connectivity index (χ3n) is 2.66. The van der Waals surface area contributed by atoms with E-state index in [9.17, 15) is 13.0 Å². The van der Waals surface area contributed by atoms with E-state index in [1.54, 1.807) is 0 Å². The first-order chi connectivity index (χ1) is 7.50. The normalized spacial score (nSPS) is 12.8. The van der Waals surface area contributed by atoms with Crippen molar-refractivity contribution < 1.29 is 42.5 Å². The van der Waals surface area contributed by atoms with E-state index in [4.69, 9.17) is 0 Å². The molecule has 0 bridgehead atoms. The smallest absolute Gasteiger partial charge is 0.748 e. The second-order valence-electron chi connectivity index (χ2n) is 4.03. The molecule has 0 amide bonds. The van der Waals surface area contributed by atoms with E-state index in [2.05, 4.69) is 0 Å². The van der Waals surface area contributed by atoms with Gasteiger partial charge in [0.05, 0.1) is 10.1 Å². The Labute approximate surface area is 126 Å². The van der Waals surface area contributed by atoms with Crippen LogP contribution in [0, 0.1) is 0 Å². The fraction of sp³-hybridized carbons (Fsp3) is 0.500. The van der Waals surface area contributed by atoms with Gasteiger partial charge in [0.15, 0.2) is 0 Å². The zero-order chi connectivity index (χ0) is 12.0. The molecule has 5 heteroatoms. The average Bonchev–Trinajstić information content (AvgIpc) is 2.24. The van der Waals surface area contributed by atoms with Crippen molar-refractivity contribution >= 4 is 10.1 Å². The van der Waals surface area contributed by atoms with Gasteiger partial charge in [-0.1, -0.05) is 36.8 Å². The van der Waals surface area contributed by atoms with E-state index >= 15 is 0 Å². The van der Waals surface area contributed by atoms with Gasteiger partial charge in [-0.15, -0.1) is 0 Å². The van der Waals surface area contributed by atoms with Crippen LogP contribution in [0.4, 0.5) is 0 Å². The molecule has 90 valence electrons. The van der Waals surface area contributed by atoms with E-state index in [-0.39, 0.29) is 29.6 Å². The summed E-state index contributed by atoms with van der Waals surface area (Å²) in [5.41, 5.74) is 1.25. The Morgan fingerprint density at radius 1 is 1.18 bits per heavy atom. The van der Waals surface area contributed by atoms with Gasteiger partial charge in [-0.2, -0.15) is 0 Å². The van der Waals surface area contributed by atoms with Crippen LogP contribution in [0.1, 0.15) is 31.7 Å². The van der Waals surface area contributed by atoms with Crippen molar-refractivity contribution in [2.45, 2.75) is 37.9 Å². The average molecular weight is 264 g/mol. The standard InChI is InChI=1S/C12H18O3S.Na/c1-11(16(13,14)15)7-5-6-10-12-8-3-2-4-9-12;/h2-4,8-9,11H,5-7,10H2,1H3,(H,13,14,15);/q;+1/p-1. The summed E-state index contributed by atoms with van der Waals surface area (Å²) >= 11 is 0. The Hall–Kier alpha value is 0.130. The van der Waals surface area contributed by atoms with E-state index in [0.29, 0.717) is 6.42 Å². The second kappa shape index (κ2) is 8.27. The van der Waals surface area contributed by atoms with Crippen LogP contribution < -0.4 is 29.6 Å². The minimum atomic E-state index is -4.10. The van der Waals surface area contributed by atoms with Crippen molar-refractivity contribution in [2.75, 3.05) is 0 Å². The van der Waals surface area contributed by atoms with Crippen molar-refractivity contribution in [3.63, 3.8) is 0 Å². The molecule has 1 aromatic carbocycles. The molecule has 0 aliphatic carbocycles. The Balaban J connectivity index is 0.00000256. The van der Waals surface area contributed by atoms with Gasteiger partial charge in [-0.25, -0.2) is 8.42 Å². The SMILES string of the molecule is CC(CCCCc1ccccc1)S(=O)(=O)[O-].[Na+]. The largest absolute Gasteiger partial charge is 1.00 e. The third kappa shape index (κ3) is 7.21. The summed E-state index contributed by atoms with van der Waals surface area (Å²) in [6.45, 7) is 1.48. The van der Waals surface area contributed by atoms with Gasteiger partial charge in [0.1, 0.15) is 0 Å². The number of hydrogen-bond acceptors (Lipinski definition) is 3. The zero-order valence-corrected chi connectivity index (χ0v) is 13.2. The van der Waals surface area contributed by atoms with Crippen LogP contribution in [-0.2, 0) is 16.5 Å². The van der Waals surface area contributed by atoms with E-state index in [1.807, 2.05) is 30.3 Å². The van der Waals surface area contributed by atoms with Crippen LogP contribution >= 0.6 is 0 Å². The Morgan fingerprint density at radius 3 is 2.29 bits per heavy atom. The number of aryl methyl sites for hydroxylation is 1. The summed E-state index contributed by atoms with van der Waals surface area (Å²) in [6, 6.07) is 10.0. The monoisotopic (exact) mass is 264 g/mol. The van der Waals surface area contributed by atoms with Crippen LogP contribution in [-0.4, -0.2) is 18.2 Å². The number of rotatable bonds is 6. The van der Waals surface area contributed by atoms with Gasteiger partial charge in [-0.3, -0.25) is 0 Å².